The zero-order valence-electron chi connectivity index (χ0n) is 17.1. The van der Waals surface area contributed by atoms with Crippen LogP contribution in [-0.4, -0.2) is 17.0 Å². The molecule has 0 radical (unpaired) electrons. The van der Waals surface area contributed by atoms with Crippen molar-refractivity contribution in [3.05, 3.63) is 100.0 Å². The molecular formula is C25H20N2O3S. The molecule has 0 aromatic heterocycles. The van der Waals surface area contributed by atoms with E-state index in [2.05, 4.69) is 10.3 Å². The summed E-state index contributed by atoms with van der Waals surface area (Å²) in [5.41, 5.74) is 4.08. The van der Waals surface area contributed by atoms with E-state index in [-0.39, 0.29) is 5.91 Å². The summed E-state index contributed by atoms with van der Waals surface area (Å²) in [5.74, 6) is -0.301. The SMILES string of the molecule is Cc1ccc(N=C2NC(=O)/C(=C/c3ccccc3OC(=O)c3ccc(C)cc3)S2)cc1. The van der Waals surface area contributed by atoms with E-state index in [1.165, 1.54) is 11.8 Å². The monoisotopic (exact) mass is 428 g/mol. The highest BCUT2D eigenvalue weighted by Gasteiger charge is 2.24. The molecule has 154 valence electrons. The molecule has 0 aliphatic carbocycles. The Bertz CT molecular complexity index is 1200. The molecule has 31 heavy (non-hydrogen) atoms. The van der Waals surface area contributed by atoms with Gasteiger partial charge in [0.1, 0.15) is 5.75 Å². The lowest BCUT2D eigenvalue weighted by molar-refractivity contribution is -0.115. The molecule has 1 fully saturated rings. The Hall–Kier alpha value is -3.64. The average molecular weight is 429 g/mol. The molecular weight excluding hydrogens is 408 g/mol. The molecule has 1 saturated heterocycles. The molecule has 0 spiro atoms. The predicted octanol–water partition coefficient (Wildman–Crippen LogP) is 5.41. The van der Waals surface area contributed by atoms with Crippen LogP contribution in [0.4, 0.5) is 5.69 Å². The van der Waals surface area contributed by atoms with Crippen molar-refractivity contribution in [3.8, 4) is 5.75 Å². The first-order valence-corrected chi connectivity index (χ1v) is 10.5. The molecule has 1 aliphatic heterocycles. The average Bonchev–Trinajstić information content (AvgIpc) is 3.10. The highest BCUT2D eigenvalue weighted by atomic mass is 32.2. The molecule has 0 saturated carbocycles. The van der Waals surface area contributed by atoms with Crippen LogP contribution in [0.3, 0.4) is 0 Å². The minimum absolute atomic E-state index is 0.240. The second-order valence-corrected chi connectivity index (χ2v) is 8.14. The van der Waals surface area contributed by atoms with Crippen LogP contribution in [0.15, 0.2) is 82.7 Å². The zero-order valence-corrected chi connectivity index (χ0v) is 17.9. The van der Waals surface area contributed by atoms with Gasteiger partial charge in [-0.2, -0.15) is 0 Å². The van der Waals surface area contributed by atoms with E-state index in [0.29, 0.717) is 26.9 Å². The van der Waals surface area contributed by atoms with Gasteiger partial charge in [0.15, 0.2) is 5.17 Å². The summed E-state index contributed by atoms with van der Waals surface area (Å²) in [6.45, 7) is 3.96. The third-order valence-electron chi connectivity index (χ3n) is 4.61. The van der Waals surface area contributed by atoms with Crippen molar-refractivity contribution in [2.75, 3.05) is 0 Å². The zero-order chi connectivity index (χ0) is 21.8. The fourth-order valence-corrected chi connectivity index (χ4v) is 3.73. The normalized spacial score (nSPS) is 15.9. The summed E-state index contributed by atoms with van der Waals surface area (Å²) in [7, 11) is 0. The van der Waals surface area contributed by atoms with Gasteiger partial charge in [0.2, 0.25) is 0 Å². The molecule has 0 atom stereocenters. The number of hydrogen-bond acceptors (Lipinski definition) is 5. The topological polar surface area (TPSA) is 67.8 Å². The van der Waals surface area contributed by atoms with Crippen molar-refractivity contribution in [1.29, 1.82) is 0 Å². The Balaban J connectivity index is 1.55. The molecule has 3 aromatic carbocycles. The highest BCUT2D eigenvalue weighted by Crippen LogP contribution is 2.31. The van der Waals surface area contributed by atoms with Gasteiger partial charge in [-0.1, -0.05) is 53.6 Å². The Morgan fingerprint density at radius 2 is 1.58 bits per heavy atom. The van der Waals surface area contributed by atoms with Crippen LogP contribution in [0.25, 0.3) is 6.08 Å². The van der Waals surface area contributed by atoms with E-state index in [1.807, 2.05) is 56.3 Å². The Morgan fingerprint density at radius 1 is 0.935 bits per heavy atom. The number of aryl methyl sites for hydroxylation is 2. The number of hydrogen-bond donors (Lipinski definition) is 1. The lowest BCUT2D eigenvalue weighted by Gasteiger charge is -2.08. The van der Waals surface area contributed by atoms with Crippen LogP contribution in [-0.2, 0) is 4.79 Å². The number of para-hydroxylation sites is 1. The van der Waals surface area contributed by atoms with Crippen molar-refractivity contribution in [2.24, 2.45) is 4.99 Å². The number of rotatable bonds is 4. The minimum Gasteiger partial charge on any atom is -0.422 e. The van der Waals surface area contributed by atoms with Crippen molar-refractivity contribution < 1.29 is 14.3 Å². The predicted molar refractivity (Wildman–Crippen MR) is 125 cm³/mol. The van der Waals surface area contributed by atoms with Gasteiger partial charge in [-0.15, -0.1) is 0 Å². The van der Waals surface area contributed by atoms with E-state index in [4.69, 9.17) is 4.74 Å². The van der Waals surface area contributed by atoms with Crippen LogP contribution in [0.2, 0.25) is 0 Å². The number of aliphatic imine (C=N–C) groups is 1. The summed E-state index contributed by atoms with van der Waals surface area (Å²) in [6.07, 6.45) is 1.70. The van der Waals surface area contributed by atoms with E-state index < -0.39 is 5.97 Å². The number of carbonyl (C=O) groups excluding carboxylic acids is 2. The highest BCUT2D eigenvalue weighted by molar-refractivity contribution is 8.18. The summed E-state index contributed by atoms with van der Waals surface area (Å²) in [4.78, 5) is 29.9. The lowest BCUT2D eigenvalue weighted by atomic mass is 10.1. The molecule has 5 nitrogen and oxygen atoms in total. The third-order valence-corrected chi connectivity index (χ3v) is 5.52. The van der Waals surface area contributed by atoms with Crippen LogP contribution in [0.5, 0.6) is 5.75 Å². The minimum atomic E-state index is -0.448. The van der Waals surface area contributed by atoms with Crippen molar-refractivity contribution in [1.82, 2.24) is 5.32 Å². The van der Waals surface area contributed by atoms with Gasteiger partial charge in [0.25, 0.3) is 5.91 Å². The van der Waals surface area contributed by atoms with Gasteiger partial charge >= 0.3 is 5.97 Å². The van der Waals surface area contributed by atoms with Gasteiger partial charge in [-0.05, 0) is 62.0 Å². The molecule has 0 unspecified atom stereocenters. The summed E-state index contributed by atoms with van der Waals surface area (Å²) in [6, 6.07) is 22.0. The van der Waals surface area contributed by atoms with E-state index in [1.54, 1.807) is 36.4 Å². The number of benzene rings is 3. The van der Waals surface area contributed by atoms with Gasteiger partial charge < -0.3 is 10.1 Å². The van der Waals surface area contributed by atoms with E-state index >= 15 is 0 Å². The summed E-state index contributed by atoms with van der Waals surface area (Å²) in [5, 5.41) is 3.29. The van der Waals surface area contributed by atoms with Gasteiger partial charge in [0.05, 0.1) is 16.2 Å². The quantitative estimate of drug-likeness (QED) is 0.343. The Kier molecular flexibility index (Phi) is 6.00. The van der Waals surface area contributed by atoms with Crippen LogP contribution in [0, 0.1) is 13.8 Å². The fraction of sp³-hybridized carbons (Fsp3) is 0.0800. The largest absolute Gasteiger partial charge is 0.422 e. The second kappa shape index (κ2) is 9.02. The number of amides is 1. The lowest BCUT2D eigenvalue weighted by Crippen LogP contribution is -2.19. The molecule has 3 aromatic rings. The fourth-order valence-electron chi connectivity index (χ4n) is 2.90. The maximum Gasteiger partial charge on any atom is 0.343 e. The number of esters is 1. The van der Waals surface area contributed by atoms with Gasteiger partial charge in [-0.25, -0.2) is 9.79 Å². The molecule has 1 N–H and O–H groups in total. The number of carbonyl (C=O) groups is 2. The molecule has 4 rings (SSSR count). The molecule has 1 aliphatic rings. The van der Waals surface area contributed by atoms with Crippen LogP contribution < -0.4 is 10.1 Å². The van der Waals surface area contributed by atoms with Gasteiger partial charge in [0, 0.05) is 5.56 Å². The smallest absolute Gasteiger partial charge is 0.343 e. The first-order chi connectivity index (χ1) is 15.0. The van der Waals surface area contributed by atoms with Crippen molar-refractivity contribution in [3.63, 3.8) is 0 Å². The number of thioether (sulfide) groups is 1. The number of amidine groups is 1. The maximum absolute atomic E-state index is 12.5. The standard InChI is InChI=1S/C25H20N2O3S/c1-16-7-11-18(12-8-16)24(29)30-21-6-4-3-5-19(21)15-22-23(28)27-25(31-22)26-20-13-9-17(2)10-14-20/h3-15H,1-2H3,(H,26,27,28)/b22-15-. The van der Waals surface area contributed by atoms with Gasteiger partial charge in [-0.3, -0.25) is 4.79 Å². The Morgan fingerprint density at radius 3 is 2.29 bits per heavy atom. The molecule has 1 heterocycles. The van der Waals surface area contributed by atoms with Crippen molar-refractivity contribution >= 4 is 40.6 Å². The molecule has 0 bridgehead atoms. The third kappa shape index (κ3) is 5.10. The number of nitrogens with one attached hydrogen (secondary N) is 1. The maximum atomic E-state index is 12.5. The number of ether oxygens (including phenoxy) is 1. The Labute approximate surface area is 184 Å². The second-order valence-electron chi connectivity index (χ2n) is 7.11. The van der Waals surface area contributed by atoms with Crippen LogP contribution >= 0.6 is 11.8 Å². The molecule has 6 heteroatoms. The van der Waals surface area contributed by atoms with E-state index in [0.717, 1.165) is 16.8 Å². The molecule has 1 amide bonds. The number of nitrogens with zero attached hydrogens (tertiary/aromatic N) is 1. The van der Waals surface area contributed by atoms with Crippen molar-refractivity contribution in [2.45, 2.75) is 13.8 Å². The van der Waals surface area contributed by atoms with Crippen LogP contribution in [0.1, 0.15) is 27.0 Å². The summed E-state index contributed by atoms with van der Waals surface area (Å²) < 4.78 is 5.60. The first kappa shape index (κ1) is 20.6. The van der Waals surface area contributed by atoms with E-state index in [9.17, 15) is 9.59 Å². The summed E-state index contributed by atoms with van der Waals surface area (Å²) >= 11 is 1.25. The first-order valence-electron chi connectivity index (χ1n) is 9.72.